The van der Waals surface area contributed by atoms with Crippen molar-refractivity contribution < 1.29 is 14.3 Å². The van der Waals surface area contributed by atoms with E-state index in [1.807, 2.05) is 42.5 Å². The average Bonchev–Trinajstić information content (AvgIpc) is 3.29. The molecule has 0 aliphatic carbocycles. The van der Waals surface area contributed by atoms with Gasteiger partial charge in [0.2, 0.25) is 0 Å². The number of thioether (sulfide) groups is 1. The summed E-state index contributed by atoms with van der Waals surface area (Å²) in [5.74, 6) is 1.48. The van der Waals surface area contributed by atoms with Gasteiger partial charge in [0.1, 0.15) is 18.1 Å². The summed E-state index contributed by atoms with van der Waals surface area (Å²) in [5, 5.41) is 0.790. The topological polar surface area (TPSA) is 54.4 Å². The van der Waals surface area contributed by atoms with Crippen LogP contribution in [0.25, 0.3) is 6.08 Å². The Labute approximate surface area is 216 Å². The van der Waals surface area contributed by atoms with Crippen LogP contribution in [0.15, 0.2) is 82.7 Å². The van der Waals surface area contributed by atoms with Gasteiger partial charge < -0.3 is 19.3 Å². The number of anilines is 1. The minimum Gasteiger partial charge on any atom is -0.497 e. The number of ether oxygens (including phenoxy) is 2. The zero-order chi connectivity index (χ0) is 24.9. The van der Waals surface area contributed by atoms with Crippen molar-refractivity contribution in [2.75, 3.05) is 38.2 Å². The molecule has 184 valence electrons. The molecule has 0 N–H and O–H groups in total. The fourth-order valence-corrected chi connectivity index (χ4v) is 5.11. The Balaban J connectivity index is 1.14. The standard InChI is InChI=1S/C29H29N3O3S/c1-21-3-5-23(6-4-21)20-35-26-11-7-22(8-12-26)19-27-28(33)30-29(36-27)32-17-15-31(16-18-32)24-9-13-25(34-2)14-10-24/h3-14,19H,15-18,20H2,1-2H3/b27-19-. The molecule has 2 aliphatic heterocycles. The minimum atomic E-state index is -0.174. The van der Waals surface area contributed by atoms with Crippen LogP contribution < -0.4 is 14.4 Å². The molecular formula is C29H29N3O3S. The number of methoxy groups -OCH3 is 1. The number of rotatable bonds is 6. The van der Waals surface area contributed by atoms with E-state index in [2.05, 4.69) is 58.1 Å². The molecule has 0 unspecified atom stereocenters. The number of amides is 1. The predicted molar refractivity (Wildman–Crippen MR) is 147 cm³/mol. The van der Waals surface area contributed by atoms with Crippen molar-refractivity contribution in [3.8, 4) is 11.5 Å². The zero-order valence-corrected chi connectivity index (χ0v) is 21.3. The number of amidine groups is 1. The quantitative estimate of drug-likeness (QED) is 0.425. The fourth-order valence-electron chi connectivity index (χ4n) is 4.14. The first-order valence-corrected chi connectivity index (χ1v) is 12.8. The van der Waals surface area contributed by atoms with Gasteiger partial charge in [-0.25, -0.2) is 0 Å². The molecule has 0 spiro atoms. The highest BCUT2D eigenvalue weighted by Crippen LogP contribution is 2.31. The molecule has 0 saturated carbocycles. The van der Waals surface area contributed by atoms with Crippen LogP contribution in [0.5, 0.6) is 11.5 Å². The summed E-state index contributed by atoms with van der Waals surface area (Å²) in [7, 11) is 1.68. The van der Waals surface area contributed by atoms with Crippen molar-refractivity contribution in [2.24, 2.45) is 4.99 Å². The smallest absolute Gasteiger partial charge is 0.286 e. The Hall–Kier alpha value is -3.71. The lowest BCUT2D eigenvalue weighted by Gasteiger charge is -2.36. The maximum Gasteiger partial charge on any atom is 0.286 e. The van der Waals surface area contributed by atoms with Crippen molar-refractivity contribution in [2.45, 2.75) is 13.5 Å². The summed E-state index contributed by atoms with van der Waals surface area (Å²) in [6.45, 7) is 6.00. The van der Waals surface area contributed by atoms with Crippen LogP contribution >= 0.6 is 11.8 Å². The maximum atomic E-state index is 12.6. The molecule has 7 heteroatoms. The van der Waals surface area contributed by atoms with Crippen LogP contribution in [0.3, 0.4) is 0 Å². The van der Waals surface area contributed by atoms with Gasteiger partial charge >= 0.3 is 0 Å². The number of aryl methyl sites for hydroxylation is 1. The fraction of sp³-hybridized carbons (Fsp3) is 0.241. The molecule has 0 atom stereocenters. The summed E-state index contributed by atoms with van der Waals surface area (Å²) >= 11 is 1.46. The van der Waals surface area contributed by atoms with Gasteiger partial charge in [-0.3, -0.25) is 4.79 Å². The lowest BCUT2D eigenvalue weighted by Crippen LogP contribution is -2.47. The molecular weight excluding hydrogens is 470 g/mol. The highest BCUT2D eigenvalue weighted by atomic mass is 32.2. The summed E-state index contributed by atoms with van der Waals surface area (Å²) in [6, 6.07) is 24.3. The molecule has 5 rings (SSSR count). The SMILES string of the molecule is COc1ccc(N2CCN(C3=NC(=O)/C(=C/c4ccc(OCc5ccc(C)cc5)cc4)S3)CC2)cc1. The van der Waals surface area contributed by atoms with Crippen molar-refractivity contribution >= 4 is 34.6 Å². The second kappa shape index (κ2) is 10.9. The molecule has 3 aromatic carbocycles. The summed E-state index contributed by atoms with van der Waals surface area (Å²) in [5.41, 5.74) is 4.50. The maximum absolute atomic E-state index is 12.6. The largest absolute Gasteiger partial charge is 0.497 e. The first-order chi connectivity index (χ1) is 17.6. The van der Waals surface area contributed by atoms with E-state index in [9.17, 15) is 4.79 Å². The van der Waals surface area contributed by atoms with Gasteiger partial charge in [0.25, 0.3) is 5.91 Å². The van der Waals surface area contributed by atoms with Crippen molar-refractivity contribution in [1.82, 2.24) is 4.90 Å². The predicted octanol–water partition coefficient (Wildman–Crippen LogP) is 5.38. The van der Waals surface area contributed by atoms with E-state index in [4.69, 9.17) is 9.47 Å². The number of aliphatic imine (C=N–C) groups is 1. The molecule has 1 fully saturated rings. The molecule has 0 radical (unpaired) electrons. The molecule has 36 heavy (non-hydrogen) atoms. The normalized spacial score (nSPS) is 16.9. The van der Waals surface area contributed by atoms with Crippen LogP contribution in [0.4, 0.5) is 5.69 Å². The van der Waals surface area contributed by atoms with E-state index in [0.29, 0.717) is 11.5 Å². The Morgan fingerprint density at radius 3 is 2.17 bits per heavy atom. The van der Waals surface area contributed by atoms with Crippen LogP contribution in [0.1, 0.15) is 16.7 Å². The van der Waals surface area contributed by atoms with E-state index in [1.54, 1.807) is 7.11 Å². The van der Waals surface area contributed by atoms with Crippen LogP contribution in [0, 0.1) is 6.92 Å². The van der Waals surface area contributed by atoms with Crippen molar-refractivity contribution in [1.29, 1.82) is 0 Å². The van der Waals surface area contributed by atoms with E-state index in [1.165, 1.54) is 23.0 Å². The number of piperazine rings is 1. The van der Waals surface area contributed by atoms with Crippen LogP contribution in [-0.2, 0) is 11.4 Å². The van der Waals surface area contributed by atoms with Gasteiger partial charge in [0, 0.05) is 31.9 Å². The summed E-state index contributed by atoms with van der Waals surface area (Å²) < 4.78 is 11.1. The van der Waals surface area contributed by atoms with Gasteiger partial charge in [0.15, 0.2) is 5.17 Å². The Kier molecular flexibility index (Phi) is 7.28. The van der Waals surface area contributed by atoms with Crippen LogP contribution in [-0.4, -0.2) is 49.3 Å². The number of carbonyl (C=O) groups excluding carboxylic acids is 1. The van der Waals surface area contributed by atoms with E-state index >= 15 is 0 Å². The first-order valence-electron chi connectivity index (χ1n) is 12.0. The average molecular weight is 500 g/mol. The number of carbonyl (C=O) groups is 1. The molecule has 3 aromatic rings. The molecule has 0 bridgehead atoms. The van der Waals surface area contributed by atoms with Crippen molar-refractivity contribution in [3.63, 3.8) is 0 Å². The molecule has 1 saturated heterocycles. The van der Waals surface area contributed by atoms with E-state index in [0.717, 1.165) is 54.0 Å². The lowest BCUT2D eigenvalue weighted by atomic mass is 10.1. The third-order valence-electron chi connectivity index (χ3n) is 6.30. The van der Waals surface area contributed by atoms with Crippen molar-refractivity contribution in [3.05, 3.63) is 94.4 Å². The van der Waals surface area contributed by atoms with E-state index in [-0.39, 0.29) is 5.91 Å². The molecule has 6 nitrogen and oxygen atoms in total. The molecule has 2 heterocycles. The second-order valence-corrected chi connectivity index (χ2v) is 9.83. The highest BCUT2D eigenvalue weighted by molar-refractivity contribution is 8.18. The second-order valence-electron chi connectivity index (χ2n) is 8.83. The summed E-state index contributed by atoms with van der Waals surface area (Å²) in [4.78, 5) is 22.1. The number of hydrogen-bond donors (Lipinski definition) is 0. The van der Waals surface area contributed by atoms with Gasteiger partial charge in [-0.05, 0) is 72.3 Å². The number of benzene rings is 3. The third-order valence-corrected chi connectivity index (χ3v) is 7.35. The molecule has 1 amide bonds. The minimum absolute atomic E-state index is 0.174. The summed E-state index contributed by atoms with van der Waals surface area (Å²) in [6.07, 6.45) is 1.90. The Morgan fingerprint density at radius 1 is 0.861 bits per heavy atom. The highest BCUT2D eigenvalue weighted by Gasteiger charge is 2.28. The van der Waals surface area contributed by atoms with Crippen LogP contribution in [0.2, 0.25) is 0 Å². The first kappa shape index (κ1) is 24.0. The molecule has 0 aromatic heterocycles. The number of nitrogens with zero attached hydrogens (tertiary/aromatic N) is 3. The Bertz CT molecular complexity index is 1260. The molecule has 2 aliphatic rings. The monoisotopic (exact) mass is 499 g/mol. The zero-order valence-electron chi connectivity index (χ0n) is 20.5. The third kappa shape index (κ3) is 5.74. The Morgan fingerprint density at radius 2 is 1.50 bits per heavy atom. The van der Waals surface area contributed by atoms with Gasteiger partial charge in [-0.2, -0.15) is 4.99 Å². The lowest BCUT2D eigenvalue weighted by molar-refractivity contribution is -0.113. The number of hydrogen-bond acceptors (Lipinski definition) is 6. The van der Waals surface area contributed by atoms with Gasteiger partial charge in [-0.1, -0.05) is 42.0 Å². The van der Waals surface area contributed by atoms with Gasteiger partial charge in [-0.15, -0.1) is 0 Å². The van der Waals surface area contributed by atoms with Gasteiger partial charge in [0.05, 0.1) is 12.0 Å². The van der Waals surface area contributed by atoms with E-state index < -0.39 is 0 Å².